The molecule has 0 unspecified atom stereocenters. The van der Waals surface area contributed by atoms with Crippen LogP contribution in [0, 0.1) is 0 Å². The van der Waals surface area contributed by atoms with Gasteiger partial charge in [0.05, 0.1) is 0 Å². The van der Waals surface area contributed by atoms with Gasteiger partial charge in [-0.05, 0) is 19.0 Å². The van der Waals surface area contributed by atoms with E-state index >= 15 is 0 Å². The second-order valence-electron chi connectivity index (χ2n) is 3.18. The molecule has 1 rings (SSSR count). The molecule has 0 aliphatic heterocycles. The summed E-state index contributed by atoms with van der Waals surface area (Å²) in [6, 6.07) is 1.93. The number of aromatic amines is 1. The lowest BCUT2D eigenvalue weighted by Crippen LogP contribution is -2.35. The van der Waals surface area contributed by atoms with Gasteiger partial charge in [-0.1, -0.05) is 0 Å². The summed E-state index contributed by atoms with van der Waals surface area (Å²) < 4.78 is 0. The molecule has 4 N–H and O–H groups in total. The predicted molar refractivity (Wildman–Crippen MR) is 60.3 cm³/mol. The number of nitrogens with two attached hydrogens (primary N) is 1. The number of hydrogen-bond acceptors (Lipinski definition) is 5. The zero-order valence-electron chi connectivity index (χ0n) is 9.05. The van der Waals surface area contributed by atoms with E-state index in [1.165, 1.54) is 12.1 Å². The van der Waals surface area contributed by atoms with Crippen molar-refractivity contribution >= 4 is 18.3 Å². The molecule has 0 saturated carbocycles. The Morgan fingerprint density at radius 3 is 2.88 bits per heavy atom. The van der Waals surface area contributed by atoms with Crippen LogP contribution in [0.15, 0.2) is 16.9 Å². The SMILES string of the molecule is NCCCN(C=O)C(=O)Nc1ccc(=O)[nH]n1. The molecular formula is C9H13N5O3. The molecule has 1 aromatic heterocycles. The van der Waals surface area contributed by atoms with Crippen LogP contribution in [-0.4, -0.2) is 40.6 Å². The van der Waals surface area contributed by atoms with Crippen molar-refractivity contribution in [3.05, 3.63) is 22.5 Å². The molecular weight excluding hydrogens is 226 g/mol. The highest BCUT2D eigenvalue weighted by Crippen LogP contribution is 1.99. The quantitative estimate of drug-likeness (QED) is 0.575. The zero-order valence-corrected chi connectivity index (χ0v) is 9.05. The van der Waals surface area contributed by atoms with Gasteiger partial charge in [-0.3, -0.25) is 19.8 Å². The molecule has 0 atom stereocenters. The highest BCUT2D eigenvalue weighted by Gasteiger charge is 2.12. The average molecular weight is 239 g/mol. The number of carbonyl (C=O) groups is 2. The fourth-order valence-corrected chi connectivity index (χ4v) is 1.06. The minimum Gasteiger partial charge on any atom is -0.330 e. The minimum absolute atomic E-state index is 0.161. The van der Waals surface area contributed by atoms with Crippen LogP contribution in [0.3, 0.4) is 0 Å². The maximum atomic E-state index is 11.5. The van der Waals surface area contributed by atoms with Gasteiger partial charge in [0.2, 0.25) is 6.41 Å². The number of aromatic nitrogens is 2. The van der Waals surface area contributed by atoms with Gasteiger partial charge in [0.15, 0.2) is 5.82 Å². The van der Waals surface area contributed by atoms with Gasteiger partial charge in [0.1, 0.15) is 0 Å². The molecule has 0 aliphatic carbocycles. The van der Waals surface area contributed by atoms with Crippen LogP contribution in [0.25, 0.3) is 0 Å². The highest BCUT2D eigenvalue weighted by molar-refractivity contribution is 5.94. The Kier molecular flexibility index (Phi) is 4.82. The molecule has 3 amide bonds. The number of anilines is 1. The van der Waals surface area contributed by atoms with Gasteiger partial charge >= 0.3 is 6.03 Å². The van der Waals surface area contributed by atoms with Crippen molar-refractivity contribution in [3.63, 3.8) is 0 Å². The van der Waals surface area contributed by atoms with E-state index in [0.29, 0.717) is 19.4 Å². The summed E-state index contributed by atoms with van der Waals surface area (Å²) in [6.45, 7) is 0.615. The topological polar surface area (TPSA) is 121 Å². The Balaban J connectivity index is 2.60. The van der Waals surface area contributed by atoms with Gasteiger partial charge in [0.25, 0.3) is 5.56 Å². The van der Waals surface area contributed by atoms with E-state index in [4.69, 9.17) is 5.73 Å². The first-order valence-electron chi connectivity index (χ1n) is 4.96. The standard InChI is InChI=1S/C9H13N5O3/c10-4-1-5-14(6-15)9(17)11-7-2-3-8(16)13-12-7/h2-3,6H,1,4-5,10H2,(H,13,16)(H,11,12,17). The molecule has 0 aliphatic rings. The van der Waals surface area contributed by atoms with Crippen LogP contribution in [0.5, 0.6) is 0 Å². The molecule has 0 bridgehead atoms. The lowest BCUT2D eigenvalue weighted by molar-refractivity contribution is -0.115. The summed E-state index contributed by atoms with van der Waals surface area (Å²) in [5, 5.41) is 8.10. The summed E-state index contributed by atoms with van der Waals surface area (Å²) >= 11 is 0. The Hall–Kier alpha value is -2.22. The van der Waals surface area contributed by atoms with Crippen molar-refractivity contribution in [3.8, 4) is 0 Å². The van der Waals surface area contributed by atoms with Crippen LogP contribution in [0.1, 0.15) is 6.42 Å². The van der Waals surface area contributed by atoms with Crippen molar-refractivity contribution < 1.29 is 9.59 Å². The van der Waals surface area contributed by atoms with Gasteiger partial charge in [0, 0.05) is 12.6 Å². The third-order valence-corrected chi connectivity index (χ3v) is 1.91. The smallest absolute Gasteiger partial charge is 0.329 e. The second kappa shape index (κ2) is 6.38. The summed E-state index contributed by atoms with van der Waals surface area (Å²) in [5.74, 6) is 0.161. The molecule has 0 radical (unpaired) electrons. The molecule has 0 aromatic carbocycles. The van der Waals surface area contributed by atoms with Crippen molar-refractivity contribution in [1.29, 1.82) is 0 Å². The van der Waals surface area contributed by atoms with Crippen LogP contribution in [0.4, 0.5) is 10.6 Å². The number of amides is 3. The maximum absolute atomic E-state index is 11.5. The van der Waals surface area contributed by atoms with Crippen LogP contribution >= 0.6 is 0 Å². The van der Waals surface area contributed by atoms with E-state index in [2.05, 4.69) is 15.5 Å². The van der Waals surface area contributed by atoms with Gasteiger partial charge in [-0.15, -0.1) is 0 Å². The molecule has 1 aromatic rings. The third kappa shape index (κ3) is 4.03. The first kappa shape index (κ1) is 12.8. The van der Waals surface area contributed by atoms with Crippen LogP contribution in [0.2, 0.25) is 0 Å². The second-order valence-corrected chi connectivity index (χ2v) is 3.18. The van der Waals surface area contributed by atoms with E-state index in [1.54, 1.807) is 0 Å². The van der Waals surface area contributed by atoms with Gasteiger partial charge in [-0.2, -0.15) is 5.10 Å². The molecule has 8 nitrogen and oxygen atoms in total. The number of imide groups is 1. The first-order chi connectivity index (χ1) is 8.17. The summed E-state index contributed by atoms with van der Waals surface area (Å²) in [5.41, 5.74) is 4.90. The third-order valence-electron chi connectivity index (χ3n) is 1.91. The van der Waals surface area contributed by atoms with Crippen molar-refractivity contribution in [1.82, 2.24) is 15.1 Å². The monoisotopic (exact) mass is 239 g/mol. The Morgan fingerprint density at radius 2 is 2.35 bits per heavy atom. The molecule has 92 valence electrons. The largest absolute Gasteiger partial charge is 0.330 e. The zero-order chi connectivity index (χ0) is 12.7. The predicted octanol–water partition coefficient (Wildman–Crippen LogP) is -0.891. The number of carbonyl (C=O) groups excluding carboxylic acids is 2. The molecule has 1 heterocycles. The normalized spacial score (nSPS) is 9.71. The Morgan fingerprint density at radius 1 is 1.59 bits per heavy atom. The molecule has 0 saturated heterocycles. The fourth-order valence-electron chi connectivity index (χ4n) is 1.06. The minimum atomic E-state index is -0.618. The summed E-state index contributed by atoms with van der Waals surface area (Å²) in [7, 11) is 0. The van der Waals surface area contributed by atoms with Crippen LogP contribution in [-0.2, 0) is 4.79 Å². The van der Waals surface area contributed by atoms with Crippen molar-refractivity contribution in [2.45, 2.75) is 6.42 Å². The number of urea groups is 1. The number of hydrogen-bond donors (Lipinski definition) is 3. The maximum Gasteiger partial charge on any atom is 0.329 e. The van der Waals surface area contributed by atoms with Crippen LogP contribution < -0.4 is 16.6 Å². The van der Waals surface area contributed by atoms with Gasteiger partial charge in [-0.25, -0.2) is 9.89 Å². The highest BCUT2D eigenvalue weighted by atomic mass is 16.2. The number of rotatable bonds is 5. The number of nitrogens with zero attached hydrogens (tertiary/aromatic N) is 2. The van der Waals surface area contributed by atoms with E-state index in [0.717, 1.165) is 4.90 Å². The van der Waals surface area contributed by atoms with E-state index in [1.807, 2.05) is 0 Å². The molecule has 0 fully saturated rings. The molecule has 0 spiro atoms. The Bertz CT molecular complexity index is 424. The lowest BCUT2D eigenvalue weighted by atomic mass is 10.4. The fraction of sp³-hybridized carbons (Fsp3) is 0.333. The average Bonchev–Trinajstić information content (AvgIpc) is 2.33. The Labute approximate surface area is 96.8 Å². The summed E-state index contributed by atoms with van der Waals surface area (Å²) in [4.78, 5) is 33.9. The molecule has 17 heavy (non-hydrogen) atoms. The van der Waals surface area contributed by atoms with Gasteiger partial charge < -0.3 is 5.73 Å². The van der Waals surface area contributed by atoms with E-state index < -0.39 is 6.03 Å². The van der Waals surface area contributed by atoms with Crippen molar-refractivity contribution in [2.75, 3.05) is 18.4 Å². The van der Waals surface area contributed by atoms with Crippen molar-refractivity contribution in [2.24, 2.45) is 5.73 Å². The lowest BCUT2D eigenvalue weighted by Gasteiger charge is -2.14. The summed E-state index contributed by atoms with van der Waals surface area (Å²) in [6.07, 6.45) is 0.932. The van der Waals surface area contributed by atoms with E-state index in [9.17, 15) is 14.4 Å². The first-order valence-corrected chi connectivity index (χ1v) is 4.96. The van der Waals surface area contributed by atoms with E-state index in [-0.39, 0.29) is 17.9 Å². The number of H-pyrrole nitrogens is 1. The molecule has 8 heteroatoms. The number of nitrogens with one attached hydrogen (secondary N) is 2.